The lowest BCUT2D eigenvalue weighted by Gasteiger charge is -2.07. The molecule has 1 aromatic heterocycles. The lowest BCUT2D eigenvalue weighted by Crippen LogP contribution is -2.24. The summed E-state index contributed by atoms with van der Waals surface area (Å²) < 4.78 is 1.72. The Balaban J connectivity index is 1.50. The van der Waals surface area contributed by atoms with Crippen molar-refractivity contribution >= 4 is 35.2 Å². The van der Waals surface area contributed by atoms with Crippen LogP contribution < -0.4 is 10.6 Å². The molecule has 0 radical (unpaired) electrons. The van der Waals surface area contributed by atoms with E-state index in [1.807, 2.05) is 19.1 Å². The zero-order valence-electron chi connectivity index (χ0n) is 17.0. The number of carbonyl (C=O) groups is 3. The van der Waals surface area contributed by atoms with Crippen LogP contribution in [0.1, 0.15) is 32.1 Å². The van der Waals surface area contributed by atoms with Crippen molar-refractivity contribution in [2.24, 2.45) is 7.05 Å². The summed E-state index contributed by atoms with van der Waals surface area (Å²) >= 11 is 1.21. The van der Waals surface area contributed by atoms with Crippen LogP contribution in [0.2, 0.25) is 0 Å². The van der Waals surface area contributed by atoms with Crippen LogP contribution in [-0.2, 0) is 18.4 Å². The zero-order chi connectivity index (χ0) is 22.4. The van der Waals surface area contributed by atoms with Crippen molar-refractivity contribution in [3.63, 3.8) is 0 Å². The van der Waals surface area contributed by atoms with Crippen LogP contribution in [0.5, 0.6) is 0 Å². The number of benzene rings is 2. The average molecular weight is 439 g/mol. The third kappa shape index (κ3) is 5.92. The molecule has 0 bridgehead atoms. The van der Waals surface area contributed by atoms with Gasteiger partial charge in [0.25, 0.3) is 5.91 Å². The van der Waals surface area contributed by atoms with E-state index in [2.05, 4.69) is 20.8 Å². The third-order valence-corrected chi connectivity index (χ3v) is 5.41. The second-order valence-corrected chi connectivity index (χ2v) is 7.67. The molecule has 0 unspecified atom stereocenters. The van der Waals surface area contributed by atoms with Crippen LogP contribution in [-0.4, -0.2) is 43.4 Å². The minimum Gasteiger partial charge on any atom is -0.478 e. The first-order chi connectivity index (χ1) is 14.8. The minimum absolute atomic E-state index is 0.0996. The average Bonchev–Trinajstić information content (AvgIpc) is 3.11. The fourth-order valence-electron chi connectivity index (χ4n) is 2.61. The van der Waals surface area contributed by atoms with Gasteiger partial charge in [-0.2, -0.15) is 0 Å². The predicted octanol–water partition coefficient (Wildman–Crippen LogP) is 2.48. The molecule has 0 spiro atoms. The zero-order valence-corrected chi connectivity index (χ0v) is 17.8. The highest BCUT2D eigenvalue weighted by atomic mass is 32.2. The van der Waals surface area contributed by atoms with Crippen LogP contribution in [0.3, 0.4) is 0 Å². The smallest absolute Gasteiger partial charge is 0.335 e. The summed E-state index contributed by atoms with van der Waals surface area (Å²) in [5.41, 5.74) is 2.30. The number of aromatic carboxylic acids is 1. The van der Waals surface area contributed by atoms with Crippen LogP contribution in [0, 0.1) is 6.92 Å². The van der Waals surface area contributed by atoms with Gasteiger partial charge >= 0.3 is 5.97 Å². The fourth-order valence-corrected chi connectivity index (χ4v) is 3.34. The second kappa shape index (κ2) is 9.90. The van der Waals surface area contributed by atoms with Gasteiger partial charge in [-0.1, -0.05) is 29.5 Å². The number of amides is 2. The molecule has 0 saturated heterocycles. The van der Waals surface area contributed by atoms with Gasteiger partial charge in [0.05, 0.1) is 17.9 Å². The van der Waals surface area contributed by atoms with Gasteiger partial charge in [-0.15, -0.1) is 10.2 Å². The standard InChI is InChI=1S/C21H21N5O4S/c1-13-3-5-14(6-4-13)19(28)22-11-17-24-25-21(26(17)2)31-12-18(27)23-16-9-7-15(8-10-16)20(29)30/h3-10H,11-12H2,1-2H3,(H,22,28)(H,23,27)(H,29,30). The van der Waals surface area contributed by atoms with Gasteiger partial charge in [-0.25, -0.2) is 4.79 Å². The minimum atomic E-state index is -1.03. The van der Waals surface area contributed by atoms with Crippen molar-refractivity contribution in [1.29, 1.82) is 0 Å². The van der Waals surface area contributed by atoms with Crippen molar-refractivity contribution < 1.29 is 19.5 Å². The number of aryl methyl sites for hydroxylation is 1. The molecule has 0 saturated carbocycles. The monoisotopic (exact) mass is 439 g/mol. The highest BCUT2D eigenvalue weighted by Crippen LogP contribution is 2.17. The lowest BCUT2D eigenvalue weighted by molar-refractivity contribution is -0.113. The van der Waals surface area contributed by atoms with E-state index in [1.165, 1.54) is 36.0 Å². The molecule has 10 heteroatoms. The SMILES string of the molecule is Cc1ccc(C(=O)NCc2nnc(SCC(=O)Nc3ccc(C(=O)O)cc3)n2C)cc1. The van der Waals surface area contributed by atoms with E-state index in [9.17, 15) is 14.4 Å². The van der Waals surface area contributed by atoms with Crippen LogP contribution in [0.15, 0.2) is 53.7 Å². The topological polar surface area (TPSA) is 126 Å². The van der Waals surface area contributed by atoms with Crippen molar-refractivity contribution in [3.8, 4) is 0 Å². The summed E-state index contributed by atoms with van der Waals surface area (Å²) in [5, 5.41) is 23.1. The van der Waals surface area contributed by atoms with Gasteiger partial charge in [-0.3, -0.25) is 9.59 Å². The molecule has 3 rings (SSSR count). The van der Waals surface area contributed by atoms with E-state index in [-0.39, 0.29) is 29.7 Å². The fraction of sp³-hybridized carbons (Fsp3) is 0.190. The molecule has 0 fully saturated rings. The maximum absolute atomic E-state index is 12.2. The van der Waals surface area contributed by atoms with Gasteiger partial charge in [-0.05, 0) is 43.3 Å². The number of hydrogen-bond acceptors (Lipinski definition) is 6. The molecule has 2 aromatic carbocycles. The van der Waals surface area contributed by atoms with Gasteiger partial charge < -0.3 is 20.3 Å². The summed E-state index contributed by atoms with van der Waals surface area (Å²) in [4.78, 5) is 35.3. The van der Waals surface area contributed by atoms with E-state index in [0.717, 1.165) is 5.56 Å². The molecular weight excluding hydrogens is 418 g/mol. The van der Waals surface area contributed by atoms with Crippen molar-refractivity contribution in [1.82, 2.24) is 20.1 Å². The molecule has 9 nitrogen and oxygen atoms in total. The number of thioether (sulfide) groups is 1. The number of nitrogens with one attached hydrogen (secondary N) is 2. The number of carboxylic acids is 1. The maximum Gasteiger partial charge on any atom is 0.335 e. The van der Waals surface area contributed by atoms with Crippen LogP contribution >= 0.6 is 11.8 Å². The number of aromatic nitrogens is 3. The molecule has 0 atom stereocenters. The van der Waals surface area contributed by atoms with E-state index in [4.69, 9.17) is 5.11 Å². The molecule has 0 aliphatic carbocycles. The Kier molecular flexibility index (Phi) is 7.03. The normalized spacial score (nSPS) is 10.5. The largest absolute Gasteiger partial charge is 0.478 e. The van der Waals surface area contributed by atoms with E-state index in [1.54, 1.807) is 23.7 Å². The highest BCUT2D eigenvalue weighted by molar-refractivity contribution is 7.99. The Bertz CT molecular complexity index is 1090. The van der Waals surface area contributed by atoms with E-state index < -0.39 is 5.97 Å². The summed E-state index contributed by atoms with van der Waals surface area (Å²) in [6.45, 7) is 2.16. The van der Waals surface area contributed by atoms with E-state index >= 15 is 0 Å². The maximum atomic E-state index is 12.2. The van der Waals surface area contributed by atoms with E-state index in [0.29, 0.717) is 22.2 Å². The summed E-state index contributed by atoms with van der Waals surface area (Å²) in [7, 11) is 1.76. The van der Waals surface area contributed by atoms with Crippen molar-refractivity contribution in [2.75, 3.05) is 11.1 Å². The first-order valence-corrected chi connectivity index (χ1v) is 10.3. The molecule has 0 aliphatic heterocycles. The number of nitrogens with zero attached hydrogens (tertiary/aromatic N) is 3. The number of rotatable bonds is 8. The quantitative estimate of drug-likeness (QED) is 0.460. The Hall–Kier alpha value is -3.66. The number of anilines is 1. The summed E-state index contributed by atoms with van der Waals surface area (Å²) in [5.74, 6) is -0.826. The Morgan fingerprint density at radius 3 is 2.29 bits per heavy atom. The Morgan fingerprint density at radius 1 is 1.00 bits per heavy atom. The number of carbonyl (C=O) groups excluding carboxylic acids is 2. The van der Waals surface area contributed by atoms with Gasteiger partial charge in [0.2, 0.25) is 5.91 Å². The molecule has 1 heterocycles. The summed E-state index contributed by atoms with van der Waals surface area (Å²) in [6.07, 6.45) is 0. The molecule has 3 N–H and O–H groups in total. The van der Waals surface area contributed by atoms with Crippen LogP contribution in [0.25, 0.3) is 0 Å². The van der Waals surface area contributed by atoms with Gasteiger partial charge in [0.1, 0.15) is 0 Å². The predicted molar refractivity (Wildman–Crippen MR) is 116 cm³/mol. The highest BCUT2D eigenvalue weighted by Gasteiger charge is 2.13. The number of carboxylic acid groups (broad SMARTS) is 1. The molecule has 31 heavy (non-hydrogen) atoms. The first kappa shape index (κ1) is 22.0. The lowest BCUT2D eigenvalue weighted by atomic mass is 10.1. The Morgan fingerprint density at radius 2 is 1.65 bits per heavy atom. The molecular formula is C21H21N5O4S. The molecule has 3 aromatic rings. The molecule has 160 valence electrons. The summed E-state index contributed by atoms with van der Waals surface area (Å²) in [6, 6.07) is 13.2. The molecule has 2 amide bonds. The van der Waals surface area contributed by atoms with Crippen molar-refractivity contribution in [3.05, 3.63) is 71.0 Å². The van der Waals surface area contributed by atoms with Gasteiger partial charge in [0, 0.05) is 18.3 Å². The Labute approximate surface area is 182 Å². The van der Waals surface area contributed by atoms with Crippen molar-refractivity contribution in [2.45, 2.75) is 18.6 Å². The first-order valence-electron chi connectivity index (χ1n) is 9.32. The second-order valence-electron chi connectivity index (χ2n) is 6.73. The molecule has 0 aliphatic rings. The van der Waals surface area contributed by atoms with Crippen LogP contribution in [0.4, 0.5) is 5.69 Å². The van der Waals surface area contributed by atoms with Gasteiger partial charge in [0.15, 0.2) is 11.0 Å². The third-order valence-electron chi connectivity index (χ3n) is 4.39. The number of hydrogen-bond donors (Lipinski definition) is 3.